The lowest BCUT2D eigenvalue weighted by Crippen LogP contribution is -2.14. The number of ether oxygens (including phenoxy) is 1. The van der Waals surface area contributed by atoms with E-state index in [-0.39, 0.29) is 17.9 Å². The lowest BCUT2D eigenvalue weighted by Gasteiger charge is -2.14. The second-order valence-corrected chi connectivity index (χ2v) is 5.64. The van der Waals surface area contributed by atoms with Crippen molar-refractivity contribution < 1.29 is 14.3 Å². The zero-order chi connectivity index (χ0) is 13.3. The van der Waals surface area contributed by atoms with Crippen LogP contribution in [0.3, 0.4) is 0 Å². The summed E-state index contributed by atoms with van der Waals surface area (Å²) >= 11 is 1.61. The van der Waals surface area contributed by atoms with E-state index in [1.165, 1.54) is 0 Å². The Bertz CT molecular complexity index is 451. The quantitative estimate of drug-likeness (QED) is 0.578. The van der Waals surface area contributed by atoms with Gasteiger partial charge in [0, 0.05) is 30.5 Å². The van der Waals surface area contributed by atoms with Crippen molar-refractivity contribution in [2.75, 3.05) is 12.3 Å². The van der Waals surface area contributed by atoms with Gasteiger partial charge in [0.05, 0.1) is 16.7 Å². The summed E-state index contributed by atoms with van der Waals surface area (Å²) in [5, 5.41) is 0.966. The van der Waals surface area contributed by atoms with E-state index < -0.39 is 0 Å². The van der Waals surface area contributed by atoms with E-state index in [4.69, 9.17) is 4.74 Å². The predicted octanol–water partition coefficient (Wildman–Crippen LogP) is 2.08. The largest absolute Gasteiger partial charge is 0.460 e. The van der Waals surface area contributed by atoms with Crippen molar-refractivity contribution in [3.8, 4) is 0 Å². The molecule has 0 N–H and O–H groups in total. The van der Waals surface area contributed by atoms with Crippen LogP contribution >= 0.6 is 11.8 Å². The summed E-state index contributed by atoms with van der Waals surface area (Å²) in [5.41, 5.74) is 1.75. The molecular weight excluding hydrogens is 250 g/mol. The van der Waals surface area contributed by atoms with Crippen LogP contribution in [0.25, 0.3) is 0 Å². The van der Waals surface area contributed by atoms with Gasteiger partial charge in [0.15, 0.2) is 5.78 Å². The molecule has 0 atom stereocenters. The summed E-state index contributed by atoms with van der Waals surface area (Å²) in [6, 6.07) is 0. The molecule has 0 spiro atoms. The number of ketones is 1. The van der Waals surface area contributed by atoms with Gasteiger partial charge in [-0.15, -0.1) is 11.8 Å². The number of nitrogens with zero attached hydrogens (tertiary/aromatic N) is 1. The smallest absolute Gasteiger partial charge is 0.336 e. The van der Waals surface area contributed by atoms with Gasteiger partial charge in [-0.2, -0.15) is 0 Å². The van der Waals surface area contributed by atoms with Crippen molar-refractivity contribution in [2.45, 2.75) is 33.3 Å². The third-order valence-electron chi connectivity index (χ3n) is 2.75. The Morgan fingerprint density at radius 1 is 1.44 bits per heavy atom. The van der Waals surface area contributed by atoms with Gasteiger partial charge in [-0.1, -0.05) is 0 Å². The summed E-state index contributed by atoms with van der Waals surface area (Å²) in [6.45, 7) is 6.00. The third kappa shape index (κ3) is 2.61. The minimum atomic E-state index is -0.223. The first kappa shape index (κ1) is 13.2. The first-order valence-electron chi connectivity index (χ1n) is 6.04. The maximum atomic E-state index is 11.9. The molecule has 0 amide bonds. The van der Waals surface area contributed by atoms with Gasteiger partial charge in [0.25, 0.3) is 0 Å². The van der Waals surface area contributed by atoms with Crippen molar-refractivity contribution in [3.05, 3.63) is 22.4 Å². The molecule has 2 rings (SSSR count). The highest BCUT2D eigenvalue weighted by molar-refractivity contribution is 8.03. The van der Waals surface area contributed by atoms with Crippen LogP contribution in [-0.4, -0.2) is 35.1 Å². The fraction of sp³-hybridized carbons (Fsp3) is 0.538. The standard InChI is InChI=1S/C13H17NO3S/c1-8(2)17-13(16)11-4-5-14-10(6-9(3)15)7-18-12(11)14/h6,8H,4-5,7H2,1-3H3. The van der Waals surface area contributed by atoms with Crippen LogP contribution in [0, 0.1) is 0 Å². The molecule has 1 saturated heterocycles. The van der Waals surface area contributed by atoms with E-state index in [0.717, 1.165) is 28.6 Å². The Balaban J connectivity index is 2.19. The molecule has 2 aliphatic heterocycles. The van der Waals surface area contributed by atoms with Crippen molar-refractivity contribution in [1.82, 2.24) is 4.90 Å². The Kier molecular flexibility index (Phi) is 3.80. The topological polar surface area (TPSA) is 46.6 Å². The van der Waals surface area contributed by atoms with Gasteiger partial charge < -0.3 is 9.64 Å². The van der Waals surface area contributed by atoms with E-state index in [9.17, 15) is 9.59 Å². The summed E-state index contributed by atoms with van der Waals surface area (Å²) < 4.78 is 5.24. The van der Waals surface area contributed by atoms with Gasteiger partial charge in [0.2, 0.25) is 0 Å². The van der Waals surface area contributed by atoms with Crippen LogP contribution in [0.15, 0.2) is 22.4 Å². The SMILES string of the molecule is CC(=O)C=C1CSC2=C(C(=O)OC(C)C)CCN12. The molecule has 98 valence electrons. The van der Waals surface area contributed by atoms with Crippen LogP contribution in [0.5, 0.6) is 0 Å². The van der Waals surface area contributed by atoms with E-state index in [1.807, 2.05) is 13.8 Å². The summed E-state index contributed by atoms with van der Waals surface area (Å²) in [4.78, 5) is 25.1. The molecule has 0 saturated carbocycles. The van der Waals surface area contributed by atoms with E-state index in [0.29, 0.717) is 6.42 Å². The summed E-state index contributed by atoms with van der Waals surface area (Å²) in [6.07, 6.45) is 2.25. The number of hydrogen-bond acceptors (Lipinski definition) is 5. The first-order chi connectivity index (χ1) is 8.49. The Morgan fingerprint density at radius 2 is 2.17 bits per heavy atom. The van der Waals surface area contributed by atoms with Crippen LogP contribution < -0.4 is 0 Å². The molecule has 0 aromatic carbocycles. The molecule has 0 bridgehead atoms. The van der Waals surface area contributed by atoms with E-state index in [2.05, 4.69) is 4.90 Å². The average molecular weight is 267 g/mol. The second kappa shape index (κ2) is 5.18. The van der Waals surface area contributed by atoms with Crippen LogP contribution in [0.1, 0.15) is 27.2 Å². The first-order valence-corrected chi connectivity index (χ1v) is 7.03. The number of hydrogen-bond donors (Lipinski definition) is 0. The van der Waals surface area contributed by atoms with Gasteiger partial charge in [0.1, 0.15) is 0 Å². The zero-order valence-electron chi connectivity index (χ0n) is 10.9. The molecule has 0 aliphatic carbocycles. The molecule has 0 unspecified atom stereocenters. The van der Waals surface area contributed by atoms with E-state index >= 15 is 0 Å². The number of fused-ring (bicyclic) bond motifs is 1. The summed E-state index contributed by atoms with van der Waals surface area (Å²) in [5.74, 6) is 0.581. The van der Waals surface area contributed by atoms with Gasteiger partial charge in [-0.05, 0) is 20.8 Å². The fourth-order valence-corrected chi connectivity index (χ4v) is 3.33. The average Bonchev–Trinajstić information content (AvgIpc) is 2.79. The second-order valence-electron chi connectivity index (χ2n) is 4.67. The maximum absolute atomic E-state index is 11.9. The molecule has 2 aliphatic rings. The maximum Gasteiger partial charge on any atom is 0.336 e. The number of allylic oxidation sites excluding steroid dienone is 1. The highest BCUT2D eigenvalue weighted by Crippen LogP contribution is 2.42. The Morgan fingerprint density at radius 3 is 2.78 bits per heavy atom. The monoisotopic (exact) mass is 267 g/mol. The number of carbonyl (C=O) groups is 2. The van der Waals surface area contributed by atoms with Crippen LogP contribution in [0.4, 0.5) is 0 Å². The Hall–Kier alpha value is -1.23. The van der Waals surface area contributed by atoms with Gasteiger partial charge >= 0.3 is 5.97 Å². The van der Waals surface area contributed by atoms with Gasteiger partial charge in [-0.25, -0.2) is 4.79 Å². The minimum Gasteiger partial charge on any atom is -0.460 e. The highest BCUT2D eigenvalue weighted by Gasteiger charge is 2.35. The van der Waals surface area contributed by atoms with Gasteiger partial charge in [-0.3, -0.25) is 4.79 Å². The third-order valence-corrected chi connectivity index (χ3v) is 3.93. The number of thioether (sulfide) groups is 1. The predicted molar refractivity (Wildman–Crippen MR) is 70.8 cm³/mol. The summed E-state index contributed by atoms with van der Waals surface area (Å²) in [7, 11) is 0. The molecule has 5 heteroatoms. The number of rotatable bonds is 3. The van der Waals surface area contributed by atoms with Crippen molar-refractivity contribution in [3.63, 3.8) is 0 Å². The Labute approximate surface area is 111 Å². The molecule has 0 aromatic rings. The molecular formula is C13H17NO3S. The van der Waals surface area contributed by atoms with Crippen LogP contribution in [-0.2, 0) is 14.3 Å². The normalized spacial score (nSPS) is 20.9. The lowest BCUT2D eigenvalue weighted by molar-refractivity contribution is -0.142. The minimum absolute atomic E-state index is 0.0463. The molecule has 2 heterocycles. The van der Waals surface area contributed by atoms with E-state index in [1.54, 1.807) is 24.8 Å². The molecule has 0 radical (unpaired) electrons. The molecule has 1 fully saturated rings. The van der Waals surface area contributed by atoms with Crippen molar-refractivity contribution >= 4 is 23.5 Å². The number of carbonyl (C=O) groups excluding carboxylic acids is 2. The lowest BCUT2D eigenvalue weighted by atomic mass is 10.2. The zero-order valence-corrected chi connectivity index (χ0v) is 11.7. The molecule has 18 heavy (non-hydrogen) atoms. The number of esters is 1. The molecule has 0 aromatic heterocycles. The van der Waals surface area contributed by atoms with Crippen LogP contribution in [0.2, 0.25) is 0 Å². The van der Waals surface area contributed by atoms with Crippen molar-refractivity contribution in [2.24, 2.45) is 0 Å². The fourth-order valence-electron chi connectivity index (χ4n) is 2.08. The highest BCUT2D eigenvalue weighted by atomic mass is 32.2. The van der Waals surface area contributed by atoms with Crippen molar-refractivity contribution in [1.29, 1.82) is 0 Å². The molecule has 4 nitrogen and oxygen atoms in total.